The molecule has 0 unspecified atom stereocenters. The van der Waals surface area contributed by atoms with Crippen molar-refractivity contribution in [1.29, 1.82) is 0 Å². The van der Waals surface area contributed by atoms with E-state index in [-0.39, 0.29) is 19.0 Å². The van der Waals surface area contributed by atoms with E-state index in [1.807, 2.05) is 18.5 Å². The van der Waals surface area contributed by atoms with E-state index >= 15 is 0 Å². The van der Waals surface area contributed by atoms with Gasteiger partial charge >= 0.3 is 5.97 Å². The first-order valence-corrected chi connectivity index (χ1v) is 10.5. The minimum absolute atomic E-state index is 0.0748. The second kappa shape index (κ2) is 10.6. The van der Waals surface area contributed by atoms with Gasteiger partial charge in [-0.05, 0) is 51.5 Å². The third kappa shape index (κ3) is 5.94. The molecule has 1 aromatic heterocycles. The lowest BCUT2D eigenvalue weighted by atomic mass is 10.1. The quantitative estimate of drug-likeness (QED) is 0.212. The van der Waals surface area contributed by atoms with Crippen molar-refractivity contribution in [2.75, 3.05) is 13.2 Å². The zero-order chi connectivity index (χ0) is 23.1. The summed E-state index contributed by atoms with van der Waals surface area (Å²) in [7, 11) is 0. The van der Waals surface area contributed by atoms with Crippen molar-refractivity contribution in [3.63, 3.8) is 0 Å². The maximum atomic E-state index is 12.1. The molecule has 0 spiro atoms. The predicted molar refractivity (Wildman–Crippen MR) is 124 cm³/mol. The number of nitrogens with zero attached hydrogens (tertiary/aromatic N) is 2. The van der Waals surface area contributed by atoms with Crippen LogP contribution in [0.4, 0.5) is 0 Å². The molecule has 3 aromatic rings. The Balaban J connectivity index is 1.54. The average molecular weight is 433 g/mol. The number of aromatic nitrogens is 2. The van der Waals surface area contributed by atoms with Gasteiger partial charge in [-0.1, -0.05) is 42.0 Å². The van der Waals surface area contributed by atoms with Gasteiger partial charge < -0.3 is 9.47 Å². The van der Waals surface area contributed by atoms with Crippen molar-refractivity contribution < 1.29 is 19.1 Å². The molecule has 0 atom stereocenters. The van der Waals surface area contributed by atoms with Gasteiger partial charge in [0.1, 0.15) is 19.0 Å². The number of aryl methyl sites for hydroxylation is 2. The number of para-hydroxylation sites is 1. The van der Waals surface area contributed by atoms with E-state index in [1.54, 1.807) is 30.3 Å². The smallest absolute Gasteiger partial charge is 0.330 e. The van der Waals surface area contributed by atoms with Crippen molar-refractivity contribution in [1.82, 2.24) is 9.78 Å². The molecule has 6 heteroatoms. The summed E-state index contributed by atoms with van der Waals surface area (Å²) >= 11 is 0. The Labute approximate surface area is 188 Å². The van der Waals surface area contributed by atoms with Gasteiger partial charge in [0.05, 0.1) is 17.8 Å². The Morgan fingerprint density at radius 1 is 1.00 bits per heavy atom. The highest BCUT2D eigenvalue weighted by Crippen LogP contribution is 2.19. The normalized spacial score (nSPS) is 11.0. The second-order valence-electron chi connectivity index (χ2n) is 7.63. The van der Waals surface area contributed by atoms with Crippen molar-refractivity contribution >= 4 is 17.8 Å². The van der Waals surface area contributed by atoms with E-state index in [2.05, 4.69) is 36.3 Å². The minimum Gasteiger partial charge on any atom is -0.489 e. The first-order chi connectivity index (χ1) is 15.3. The van der Waals surface area contributed by atoms with Gasteiger partial charge in [-0.2, -0.15) is 5.10 Å². The number of carbonyl (C=O) groups is 2. The van der Waals surface area contributed by atoms with Crippen LogP contribution in [0.1, 0.15) is 45.4 Å². The van der Waals surface area contributed by atoms with Crippen LogP contribution in [0.5, 0.6) is 5.75 Å². The molecule has 3 rings (SSSR count). The molecule has 6 nitrogen and oxygen atoms in total. The van der Waals surface area contributed by atoms with Crippen molar-refractivity contribution in [3.05, 3.63) is 88.2 Å². The van der Waals surface area contributed by atoms with Crippen LogP contribution in [0, 0.1) is 20.8 Å². The van der Waals surface area contributed by atoms with Crippen molar-refractivity contribution in [2.45, 2.75) is 34.2 Å². The SMILES string of the molecule is CC(=O)c1ccccc1OCCOC(=O)/C=C/c1c(C)nn(Cc2ccc(C)cc2)c1C. The molecule has 0 N–H and O–H groups in total. The molecule has 0 fully saturated rings. The van der Waals surface area contributed by atoms with Crippen LogP contribution in [0.25, 0.3) is 6.08 Å². The van der Waals surface area contributed by atoms with Gasteiger partial charge in [-0.25, -0.2) is 4.79 Å². The molecule has 0 bridgehead atoms. The standard InChI is InChI=1S/C26H28N2O4/c1-18-9-11-22(12-10-18)17-28-20(3)23(19(2)27-28)13-14-26(30)32-16-15-31-25-8-6-5-7-24(25)21(4)29/h5-14H,15-17H2,1-4H3/b14-13+. The van der Waals surface area contributed by atoms with Gasteiger partial charge in [0.15, 0.2) is 5.78 Å². The van der Waals surface area contributed by atoms with E-state index in [0.29, 0.717) is 17.9 Å². The first-order valence-electron chi connectivity index (χ1n) is 10.5. The number of hydrogen-bond donors (Lipinski definition) is 0. The van der Waals surface area contributed by atoms with Crippen molar-refractivity contribution in [3.8, 4) is 5.75 Å². The zero-order valence-electron chi connectivity index (χ0n) is 18.9. The Kier molecular flexibility index (Phi) is 7.60. The van der Waals surface area contributed by atoms with Gasteiger partial charge in [0, 0.05) is 17.3 Å². The second-order valence-corrected chi connectivity index (χ2v) is 7.63. The number of ether oxygens (including phenoxy) is 2. The summed E-state index contributed by atoms with van der Waals surface area (Å²) in [5.74, 6) is -0.0495. The predicted octanol–water partition coefficient (Wildman–Crippen LogP) is 4.69. The molecule has 0 aliphatic carbocycles. The number of esters is 1. The lowest BCUT2D eigenvalue weighted by Gasteiger charge is -2.09. The fourth-order valence-corrected chi connectivity index (χ4v) is 3.35. The number of hydrogen-bond acceptors (Lipinski definition) is 5. The summed E-state index contributed by atoms with van der Waals surface area (Å²) in [4.78, 5) is 23.7. The summed E-state index contributed by atoms with van der Waals surface area (Å²) in [6.45, 7) is 8.37. The topological polar surface area (TPSA) is 70.4 Å². The lowest BCUT2D eigenvalue weighted by Crippen LogP contribution is -2.11. The van der Waals surface area contributed by atoms with Crippen molar-refractivity contribution in [2.24, 2.45) is 0 Å². The van der Waals surface area contributed by atoms with Crippen LogP contribution >= 0.6 is 0 Å². The van der Waals surface area contributed by atoms with E-state index in [1.165, 1.54) is 24.1 Å². The largest absolute Gasteiger partial charge is 0.489 e. The molecule has 1 heterocycles. The molecule has 32 heavy (non-hydrogen) atoms. The maximum Gasteiger partial charge on any atom is 0.330 e. The third-order valence-electron chi connectivity index (χ3n) is 5.13. The minimum atomic E-state index is -0.460. The molecule has 0 saturated carbocycles. The summed E-state index contributed by atoms with van der Waals surface area (Å²) in [5.41, 5.74) is 5.63. The molecule has 0 aliphatic heterocycles. The van der Waals surface area contributed by atoms with Gasteiger partial charge in [0.25, 0.3) is 0 Å². The Bertz CT molecular complexity index is 1130. The number of carbonyl (C=O) groups excluding carboxylic acids is 2. The number of benzene rings is 2. The highest BCUT2D eigenvalue weighted by atomic mass is 16.6. The van der Waals surface area contributed by atoms with E-state index in [9.17, 15) is 9.59 Å². The fraction of sp³-hybridized carbons (Fsp3) is 0.269. The summed E-state index contributed by atoms with van der Waals surface area (Å²) in [5, 5.41) is 4.60. The fourth-order valence-electron chi connectivity index (χ4n) is 3.35. The molecular formula is C26H28N2O4. The van der Waals surface area contributed by atoms with Crippen LogP contribution < -0.4 is 4.74 Å². The van der Waals surface area contributed by atoms with Crippen LogP contribution in [0.2, 0.25) is 0 Å². The highest BCUT2D eigenvalue weighted by Gasteiger charge is 2.11. The molecule has 2 aromatic carbocycles. The Morgan fingerprint density at radius 2 is 1.72 bits per heavy atom. The molecule has 0 amide bonds. The summed E-state index contributed by atoms with van der Waals surface area (Å²) in [6, 6.07) is 15.3. The average Bonchev–Trinajstić information content (AvgIpc) is 3.04. The van der Waals surface area contributed by atoms with E-state index < -0.39 is 5.97 Å². The summed E-state index contributed by atoms with van der Waals surface area (Å²) in [6.07, 6.45) is 3.13. The van der Waals surface area contributed by atoms with Gasteiger partial charge in [0.2, 0.25) is 0 Å². The highest BCUT2D eigenvalue weighted by molar-refractivity contribution is 5.96. The van der Waals surface area contributed by atoms with E-state index in [4.69, 9.17) is 9.47 Å². The molecule has 0 aliphatic rings. The molecular weight excluding hydrogens is 404 g/mol. The Hall–Kier alpha value is -3.67. The van der Waals surface area contributed by atoms with Crippen LogP contribution in [-0.2, 0) is 16.1 Å². The number of Topliss-reactive ketones (excluding diaryl/α,β-unsaturated/α-hetero) is 1. The first kappa shape index (κ1) is 23.0. The molecule has 166 valence electrons. The van der Waals surface area contributed by atoms with Crippen LogP contribution in [-0.4, -0.2) is 34.7 Å². The third-order valence-corrected chi connectivity index (χ3v) is 5.13. The van der Waals surface area contributed by atoms with E-state index in [0.717, 1.165) is 17.0 Å². The van der Waals surface area contributed by atoms with Crippen LogP contribution in [0.3, 0.4) is 0 Å². The number of rotatable bonds is 9. The monoisotopic (exact) mass is 432 g/mol. The molecule has 0 saturated heterocycles. The van der Waals surface area contributed by atoms with Crippen LogP contribution in [0.15, 0.2) is 54.6 Å². The maximum absolute atomic E-state index is 12.1. The Morgan fingerprint density at radius 3 is 2.44 bits per heavy atom. The van der Waals surface area contributed by atoms with Gasteiger partial charge in [-0.15, -0.1) is 0 Å². The lowest BCUT2D eigenvalue weighted by molar-refractivity contribution is -0.138. The number of ketones is 1. The van der Waals surface area contributed by atoms with Gasteiger partial charge in [-0.3, -0.25) is 9.48 Å². The zero-order valence-corrected chi connectivity index (χ0v) is 18.9. The molecule has 0 radical (unpaired) electrons. The summed E-state index contributed by atoms with van der Waals surface area (Å²) < 4.78 is 12.7.